The zero-order valence-electron chi connectivity index (χ0n) is 22.8. The molecule has 0 aromatic heterocycles. The fraction of sp³-hybridized carbons (Fsp3) is 0.567. The van der Waals surface area contributed by atoms with E-state index in [9.17, 15) is 19.5 Å². The van der Waals surface area contributed by atoms with Crippen molar-refractivity contribution in [2.75, 3.05) is 31.8 Å². The number of allylic oxidation sites excluding steroid dienone is 1. The minimum atomic E-state index is -0.952. The third-order valence-corrected chi connectivity index (χ3v) is 10.0. The van der Waals surface area contributed by atoms with E-state index in [0.717, 1.165) is 19.3 Å². The number of methoxy groups -OCH3 is 1. The van der Waals surface area contributed by atoms with Crippen LogP contribution >= 0.6 is 11.8 Å². The van der Waals surface area contributed by atoms with Crippen molar-refractivity contribution in [2.45, 2.75) is 61.6 Å². The van der Waals surface area contributed by atoms with Gasteiger partial charge in [0, 0.05) is 17.5 Å². The lowest BCUT2D eigenvalue weighted by Crippen LogP contribution is -2.57. The summed E-state index contributed by atoms with van der Waals surface area (Å²) in [5, 5.41) is 10.2. The van der Waals surface area contributed by atoms with Gasteiger partial charge in [-0.25, -0.2) is 0 Å². The van der Waals surface area contributed by atoms with Gasteiger partial charge in [-0.1, -0.05) is 38.2 Å². The fourth-order valence-electron chi connectivity index (χ4n) is 6.56. The molecule has 0 saturated carbocycles. The number of thioether (sulfide) groups is 1. The number of aliphatic hydroxyl groups excluding tert-OH is 1. The van der Waals surface area contributed by atoms with Crippen LogP contribution in [0.1, 0.15) is 39.5 Å². The summed E-state index contributed by atoms with van der Waals surface area (Å²) in [6, 6.07) is 5.88. The highest BCUT2D eigenvalue weighted by Crippen LogP contribution is 2.61. The van der Waals surface area contributed by atoms with Gasteiger partial charge in [-0.3, -0.25) is 14.4 Å². The number of rotatable bonds is 6. The molecule has 1 spiro atoms. The average Bonchev–Trinajstić information content (AvgIpc) is 3.32. The number of esters is 1. The summed E-state index contributed by atoms with van der Waals surface area (Å²) in [7, 11) is 1.59. The van der Waals surface area contributed by atoms with Crippen molar-refractivity contribution in [3.63, 3.8) is 0 Å². The lowest BCUT2D eigenvalue weighted by atomic mass is 9.78. The molecule has 1 N–H and O–H groups in total. The van der Waals surface area contributed by atoms with Crippen molar-refractivity contribution in [1.82, 2.24) is 4.90 Å². The Kier molecular flexibility index (Phi) is 8.10. The number of carbonyl (C=O) groups excluding carboxylic acids is 3. The number of anilines is 1. The highest BCUT2D eigenvalue weighted by molar-refractivity contribution is 8.02. The number of hydrogen-bond acceptors (Lipinski definition) is 7. The van der Waals surface area contributed by atoms with Crippen LogP contribution in [0.2, 0.25) is 0 Å². The van der Waals surface area contributed by atoms with E-state index in [1.165, 1.54) is 11.8 Å². The maximum Gasteiger partial charge on any atom is 0.311 e. The molecular weight excluding hydrogens is 516 g/mol. The molecule has 0 radical (unpaired) electrons. The van der Waals surface area contributed by atoms with Gasteiger partial charge in [0.05, 0.1) is 42.9 Å². The minimum absolute atomic E-state index is 0.197. The van der Waals surface area contributed by atoms with Crippen LogP contribution in [-0.4, -0.2) is 76.7 Å². The normalized spacial score (nSPS) is 32.3. The first-order valence-corrected chi connectivity index (χ1v) is 14.8. The molecule has 0 bridgehead atoms. The highest BCUT2D eigenvalue weighted by atomic mass is 32.2. The number of ether oxygens (including phenoxy) is 2. The van der Waals surface area contributed by atoms with Crippen LogP contribution in [0, 0.1) is 17.8 Å². The Labute approximate surface area is 234 Å². The summed E-state index contributed by atoms with van der Waals surface area (Å²) < 4.78 is 10.0. The predicted molar refractivity (Wildman–Crippen MR) is 150 cm³/mol. The second-order valence-electron chi connectivity index (χ2n) is 11.2. The number of cyclic esters (lactones) is 1. The van der Waals surface area contributed by atoms with Crippen molar-refractivity contribution >= 4 is 35.2 Å². The van der Waals surface area contributed by atoms with Crippen LogP contribution in [0.3, 0.4) is 0 Å². The summed E-state index contributed by atoms with van der Waals surface area (Å²) in [6.45, 7) is 4.47. The second kappa shape index (κ2) is 11.4. The number of benzene rings is 1. The maximum atomic E-state index is 14.5. The Hall–Kier alpha value is -2.78. The number of aliphatic hydroxyl groups is 1. The first-order valence-electron chi connectivity index (χ1n) is 13.9. The average molecular weight is 555 g/mol. The number of likely N-dealkylation sites (tertiary alicyclic amines) is 1. The molecule has 5 rings (SSSR count). The molecular formula is C30H38N2O6S. The van der Waals surface area contributed by atoms with E-state index in [2.05, 4.69) is 6.08 Å². The molecule has 4 aliphatic heterocycles. The minimum Gasteiger partial charge on any atom is -0.497 e. The molecule has 0 aliphatic carbocycles. The van der Waals surface area contributed by atoms with Crippen LogP contribution in [0.5, 0.6) is 5.75 Å². The number of fused-ring (bicyclic) bond motifs is 2. The number of nitrogens with zero attached hydrogens (tertiary/aromatic N) is 2. The molecule has 1 aromatic rings. The van der Waals surface area contributed by atoms with E-state index in [1.807, 2.05) is 44.2 Å². The first kappa shape index (κ1) is 27.8. The van der Waals surface area contributed by atoms with Gasteiger partial charge in [0.15, 0.2) is 0 Å². The lowest BCUT2D eigenvalue weighted by molar-refractivity contribution is -0.153. The molecule has 4 heterocycles. The number of carbonyl (C=O) groups is 3. The predicted octanol–water partition coefficient (Wildman–Crippen LogP) is 3.59. The highest BCUT2D eigenvalue weighted by Gasteiger charge is 2.71. The quantitative estimate of drug-likeness (QED) is 0.424. The van der Waals surface area contributed by atoms with Crippen molar-refractivity contribution in [1.29, 1.82) is 0 Å². The third kappa shape index (κ3) is 4.88. The zero-order chi connectivity index (χ0) is 27.7. The molecule has 1 aromatic carbocycles. The monoisotopic (exact) mass is 554 g/mol. The Morgan fingerprint density at radius 3 is 2.59 bits per heavy atom. The molecule has 2 saturated heterocycles. The molecule has 2 amide bonds. The zero-order valence-corrected chi connectivity index (χ0v) is 23.6. The topological polar surface area (TPSA) is 96.4 Å². The molecule has 9 heteroatoms. The maximum absolute atomic E-state index is 14.5. The fourth-order valence-corrected chi connectivity index (χ4v) is 8.55. The van der Waals surface area contributed by atoms with Gasteiger partial charge in [-0.15, -0.1) is 11.8 Å². The van der Waals surface area contributed by atoms with E-state index in [4.69, 9.17) is 9.47 Å². The molecule has 8 nitrogen and oxygen atoms in total. The van der Waals surface area contributed by atoms with Crippen LogP contribution in [0.4, 0.5) is 5.69 Å². The molecule has 2 fully saturated rings. The van der Waals surface area contributed by atoms with Gasteiger partial charge in [0.2, 0.25) is 5.91 Å². The van der Waals surface area contributed by atoms with Gasteiger partial charge in [0.1, 0.15) is 11.8 Å². The Balaban J connectivity index is 1.62. The van der Waals surface area contributed by atoms with Crippen LogP contribution < -0.4 is 9.64 Å². The SMILES string of the molecule is COc1ccc(N2CC=C[C@]34S[C@H]5/C=C\CCCCOC(=O)[C@H]5[C@H]3C(=O)N([C@@H](CO)CC(C)C)C4C2=O)cc1. The van der Waals surface area contributed by atoms with E-state index in [-0.39, 0.29) is 35.6 Å². The molecule has 4 aliphatic rings. The van der Waals surface area contributed by atoms with Crippen molar-refractivity contribution in [2.24, 2.45) is 17.8 Å². The van der Waals surface area contributed by atoms with Crippen molar-refractivity contribution < 1.29 is 29.0 Å². The van der Waals surface area contributed by atoms with Gasteiger partial charge < -0.3 is 24.4 Å². The van der Waals surface area contributed by atoms with Gasteiger partial charge in [0.25, 0.3) is 5.91 Å². The third-order valence-electron chi connectivity index (χ3n) is 8.27. The first-order chi connectivity index (χ1) is 18.8. The lowest BCUT2D eigenvalue weighted by Gasteiger charge is -2.39. The smallest absolute Gasteiger partial charge is 0.311 e. The Bertz CT molecular complexity index is 1150. The van der Waals surface area contributed by atoms with E-state index < -0.39 is 28.7 Å². The van der Waals surface area contributed by atoms with E-state index >= 15 is 0 Å². The van der Waals surface area contributed by atoms with Crippen LogP contribution in [0.15, 0.2) is 48.6 Å². The number of hydrogen-bond donors (Lipinski definition) is 1. The van der Waals surface area contributed by atoms with Crippen molar-refractivity contribution in [3.05, 3.63) is 48.6 Å². The summed E-state index contributed by atoms with van der Waals surface area (Å²) in [5.41, 5.74) is 0.698. The second-order valence-corrected chi connectivity index (χ2v) is 12.7. The summed E-state index contributed by atoms with van der Waals surface area (Å²) >= 11 is 1.53. The largest absolute Gasteiger partial charge is 0.497 e. The molecule has 210 valence electrons. The summed E-state index contributed by atoms with van der Waals surface area (Å²) in [4.78, 5) is 45.7. The molecule has 6 atom stereocenters. The van der Waals surface area contributed by atoms with Gasteiger partial charge >= 0.3 is 5.97 Å². The van der Waals surface area contributed by atoms with E-state index in [1.54, 1.807) is 29.0 Å². The molecule has 39 heavy (non-hydrogen) atoms. The summed E-state index contributed by atoms with van der Waals surface area (Å²) in [5.74, 6) is -1.42. The standard InChI is InChI=1S/C30H38N2O6S/c1-19(2)17-21(18-33)32-26-28(35)31(20-10-12-22(37-3)13-11-20)15-8-14-30(26)25(27(32)34)24-23(39-30)9-6-4-5-7-16-38-29(24)36/h6,8-14,19,21,23-26,33H,4-5,7,15-18H2,1-3H3/b9-6-/t21-,23+,24-,25+,26?,30+/m1/s1. The number of amides is 2. The van der Waals surface area contributed by atoms with Gasteiger partial charge in [-0.2, -0.15) is 0 Å². The van der Waals surface area contributed by atoms with Crippen LogP contribution in [0.25, 0.3) is 0 Å². The van der Waals surface area contributed by atoms with Crippen LogP contribution in [-0.2, 0) is 19.1 Å². The van der Waals surface area contributed by atoms with Crippen molar-refractivity contribution in [3.8, 4) is 5.75 Å². The Morgan fingerprint density at radius 1 is 1.13 bits per heavy atom. The molecule has 1 unspecified atom stereocenters. The summed E-state index contributed by atoms with van der Waals surface area (Å²) in [6.07, 6.45) is 11.2. The van der Waals surface area contributed by atoms with E-state index in [0.29, 0.717) is 31.0 Å². The van der Waals surface area contributed by atoms with Gasteiger partial charge in [-0.05, 0) is 55.9 Å². The Morgan fingerprint density at radius 2 is 1.90 bits per heavy atom.